The summed E-state index contributed by atoms with van der Waals surface area (Å²) in [6.07, 6.45) is 8.50. The number of unbranched alkanes of at least 4 members (excludes halogenated alkanes) is 3. The number of rotatable bonds is 9. The normalized spacial score (nSPS) is 12.6. The molecule has 0 bridgehead atoms. The van der Waals surface area contributed by atoms with Gasteiger partial charge in [0.2, 0.25) is 0 Å². The van der Waals surface area contributed by atoms with E-state index in [2.05, 4.69) is 24.1 Å². The summed E-state index contributed by atoms with van der Waals surface area (Å²) in [5, 5.41) is 3.50. The smallest absolute Gasteiger partial charge is 0.141 e. The molecule has 1 heterocycles. The van der Waals surface area contributed by atoms with Crippen LogP contribution in [0.4, 0.5) is 4.39 Å². The van der Waals surface area contributed by atoms with Gasteiger partial charge in [-0.15, -0.1) is 0 Å². The number of hydrogen-bond donors (Lipinski definition) is 1. The van der Waals surface area contributed by atoms with E-state index in [0.717, 1.165) is 25.1 Å². The van der Waals surface area contributed by atoms with Gasteiger partial charge in [0.25, 0.3) is 0 Å². The summed E-state index contributed by atoms with van der Waals surface area (Å²) in [5.41, 5.74) is 0.960. The third-order valence-corrected chi connectivity index (χ3v) is 3.09. The van der Waals surface area contributed by atoms with E-state index in [4.69, 9.17) is 0 Å². The van der Waals surface area contributed by atoms with E-state index in [1.807, 2.05) is 0 Å². The predicted octanol–water partition coefficient (Wildman–Crippen LogP) is 4.23. The first-order valence-electron chi connectivity index (χ1n) is 7.12. The van der Waals surface area contributed by atoms with Crippen molar-refractivity contribution in [1.29, 1.82) is 0 Å². The lowest BCUT2D eigenvalue weighted by Crippen LogP contribution is -2.23. The van der Waals surface area contributed by atoms with Crippen LogP contribution in [0.1, 0.15) is 64.1 Å². The van der Waals surface area contributed by atoms with E-state index in [1.54, 1.807) is 6.07 Å². The summed E-state index contributed by atoms with van der Waals surface area (Å²) >= 11 is 0. The maximum atomic E-state index is 12.9. The third-order valence-electron chi connectivity index (χ3n) is 3.09. The first kappa shape index (κ1) is 15.1. The molecule has 102 valence electrons. The van der Waals surface area contributed by atoms with Gasteiger partial charge in [-0.05, 0) is 31.5 Å². The predicted molar refractivity (Wildman–Crippen MR) is 74.0 cm³/mol. The quantitative estimate of drug-likeness (QED) is 0.665. The van der Waals surface area contributed by atoms with Gasteiger partial charge in [-0.1, -0.05) is 39.5 Å². The molecule has 1 atom stereocenters. The van der Waals surface area contributed by atoms with Crippen LogP contribution in [0, 0.1) is 5.82 Å². The van der Waals surface area contributed by atoms with Crippen LogP contribution in [0.3, 0.4) is 0 Å². The lowest BCUT2D eigenvalue weighted by atomic mass is 10.0. The largest absolute Gasteiger partial charge is 0.309 e. The number of hydrogen-bond acceptors (Lipinski definition) is 2. The molecule has 1 unspecified atom stereocenters. The summed E-state index contributed by atoms with van der Waals surface area (Å²) in [6, 6.07) is 3.56. The van der Waals surface area contributed by atoms with E-state index in [1.165, 1.54) is 37.9 Å². The molecular weight excluding hydrogens is 227 g/mol. The maximum Gasteiger partial charge on any atom is 0.141 e. The second-order valence-corrected chi connectivity index (χ2v) is 4.76. The van der Waals surface area contributed by atoms with Crippen LogP contribution in [-0.4, -0.2) is 11.5 Å². The van der Waals surface area contributed by atoms with Gasteiger partial charge in [-0.2, -0.15) is 0 Å². The first-order chi connectivity index (χ1) is 8.77. The zero-order chi connectivity index (χ0) is 13.2. The molecule has 1 aromatic heterocycles. The Morgan fingerprint density at radius 2 is 2.00 bits per heavy atom. The molecule has 0 aliphatic carbocycles. The molecule has 0 aromatic carbocycles. The fourth-order valence-corrected chi connectivity index (χ4v) is 2.04. The molecule has 1 rings (SSSR count). The number of pyridine rings is 1. The SMILES string of the molecule is CCCCCCC(NCCC)c1ccc(F)cn1. The minimum absolute atomic E-state index is 0.265. The standard InChI is InChI=1S/C15H25FN2/c1-3-5-6-7-8-14(17-11-4-2)15-10-9-13(16)12-18-15/h9-10,12,14,17H,3-8,11H2,1-2H3. The highest BCUT2D eigenvalue weighted by Crippen LogP contribution is 2.18. The Kier molecular flexibility index (Phi) is 7.58. The highest BCUT2D eigenvalue weighted by Gasteiger charge is 2.11. The van der Waals surface area contributed by atoms with Crippen molar-refractivity contribution in [3.63, 3.8) is 0 Å². The Morgan fingerprint density at radius 1 is 1.17 bits per heavy atom. The van der Waals surface area contributed by atoms with Crippen LogP contribution in [0.2, 0.25) is 0 Å². The van der Waals surface area contributed by atoms with Crippen molar-refractivity contribution in [2.45, 2.75) is 58.4 Å². The Bertz CT molecular complexity index is 311. The van der Waals surface area contributed by atoms with Crippen molar-refractivity contribution in [1.82, 2.24) is 10.3 Å². The van der Waals surface area contributed by atoms with Gasteiger partial charge in [0, 0.05) is 6.04 Å². The van der Waals surface area contributed by atoms with E-state index in [9.17, 15) is 4.39 Å². The molecule has 0 saturated heterocycles. The van der Waals surface area contributed by atoms with Crippen molar-refractivity contribution in [2.24, 2.45) is 0 Å². The zero-order valence-electron chi connectivity index (χ0n) is 11.6. The van der Waals surface area contributed by atoms with Crippen LogP contribution in [-0.2, 0) is 0 Å². The highest BCUT2D eigenvalue weighted by molar-refractivity contribution is 5.09. The van der Waals surface area contributed by atoms with Gasteiger partial charge in [0.15, 0.2) is 0 Å². The Balaban J connectivity index is 2.51. The summed E-state index contributed by atoms with van der Waals surface area (Å²) in [6.45, 7) is 5.35. The van der Waals surface area contributed by atoms with Gasteiger partial charge >= 0.3 is 0 Å². The van der Waals surface area contributed by atoms with E-state index in [-0.39, 0.29) is 11.9 Å². The summed E-state index contributed by atoms with van der Waals surface area (Å²) in [5.74, 6) is -0.265. The van der Waals surface area contributed by atoms with Crippen LogP contribution >= 0.6 is 0 Å². The molecule has 0 aliphatic heterocycles. The monoisotopic (exact) mass is 252 g/mol. The second kappa shape index (κ2) is 9.03. The Labute approximate surface area is 110 Å². The minimum Gasteiger partial charge on any atom is -0.309 e. The van der Waals surface area contributed by atoms with Gasteiger partial charge in [-0.3, -0.25) is 4.98 Å². The van der Waals surface area contributed by atoms with Crippen molar-refractivity contribution in [2.75, 3.05) is 6.54 Å². The lowest BCUT2D eigenvalue weighted by molar-refractivity contribution is 0.460. The summed E-state index contributed by atoms with van der Waals surface area (Å²) < 4.78 is 12.9. The lowest BCUT2D eigenvalue weighted by Gasteiger charge is -2.17. The third kappa shape index (κ3) is 5.58. The summed E-state index contributed by atoms with van der Waals surface area (Å²) in [4.78, 5) is 4.19. The van der Waals surface area contributed by atoms with Gasteiger partial charge < -0.3 is 5.32 Å². The van der Waals surface area contributed by atoms with E-state index < -0.39 is 0 Å². The van der Waals surface area contributed by atoms with Gasteiger partial charge in [-0.25, -0.2) is 4.39 Å². The molecule has 1 N–H and O–H groups in total. The van der Waals surface area contributed by atoms with Gasteiger partial charge in [0.05, 0.1) is 11.9 Å². The molecule has 0 radical (unpaired) electrons. The highest BCUT2D eigenvalue weighted by atomic mass is 19.1. The Hall–Kier alpha value is -0.960. The van der Waals surface area contributed by atoms with Crippen molar-refractivity contribution < 1.29 is 4.39 Å². The van der Waals surface area contributed by atoms with Crippen LogP contribution < -0.4 is 5.32 Å². The van der Waals surface area contributed by atoms with Crippen molar-refractivity contribution >= 4 is 0 Å². The number of aromatic nitrogens is 1. The molecule has 1 aromatic rings. The van der Waals surface area contributed by atoms with Crippen molar-refractivity contribution in [3.05, 3.63) is 29.8 Å². The number of nitrogens with one attached hydrogen (secondary N) is 1. The van der Waals surface area contributed by atoms with Gasteiger partial charge in [0.1, 0.15) is 5.82 Å². The zero-order valence-corrected chi connectivity index (χ0v) is 11.6. The molecule has 18 heavy (non-hydrogen) atoms. The molecule has 0 saturated carbocycles. The average molecular weight is 252 g/mol. The van der Waals surface area contributed by atoms with Crippen LogP contribution in [0.25, 0.3) is 0 Å². The molecule has 3 heteroatoms. The second-order valence-electron chi connectivity index (χ2n) is 4.76. The fourth-order valence-electron chi connectivity index (χ4n) is 2.04. The molecule has 0 aliphatic rings. The molecule has 0 amide bonds. The number of halogens is 1. The minimum atomic E-state index is -0.265. The molecule has 0 fully saturated rings. The molecule has 2 nitrogen and oxygen atoms in total. The first-order valence-corrected chi connectivity index (χ1v) is 7.12. The maximum absolute atomic E-state index is 12.9. The summed E-state index contributed by atoms with van der Waals surface area (Å²) in [7, 11) is 0. The van der Waals surface area contributed by atoms with E-state index >= 15 is 0 Å². The van der Waals surface area contributed by atoms with Crippen molar-refractivity contribution in [3.8, 4) is 0 Å². The average Bonchev–Trinajstić information content (AvgIpc) is 2.39. The van der Waals surface area contributed by atoms with Crippen LogP contribution in [0.5, 0.6) is 0 Å². The Morgan fingerprint density at radius 3 is 2.61 bits per heavy atom. The molecular formula is C15H25FN2. The fraction of sp³-hybridized carbons (Fsp3) is 0.667. The van der Waals surface area contributed by atoms with E-state index in [0.29, 0.717) is 0 Å². The number of nitrogens with zero attached hydrogens (tertiary/aromatic N) is 1. The molecule has 0 spiro atoms. The topological polar surface area (TPSA) is 24.9 Å². The van der Waals surface area contributed by atoms with Crippen LogP contribution in [0.15, 0.2) is 18.3 Å².